The van der Waals surface area contributed by atoms with Crippen LogP contribution in [0.25, 0.3) is 88.4 Å². The van der Waals surface area contributed by atoms with E-state index < -0.39 is 0 Å². The minimum Gasteiger partial charge on any atom is -0.455 e. The van der Waals surface area contributed by atoms with E-state index in [0.29, 0.717) is 5.71 Å². The van der Waals surface area contributed by atoms with Gasteiger partial charge in [-0.2, -0.15) is 0 Å². The van der Waals surface area contributed by atoms with Gasteiger partial charge in [0.2, 0.25) is 5.71 Å². The van der Waals surface area contributed by atoms with Gasteiger partial charge < -0.3 is 8.83 Å². The van der Waals surface area contributed by atoms with Crippen molar-refractivity contribution in [3.63, 3.8) is 0 Å². The Hall–Kier alpha value is -5.74. The number of fused-ring (bicyclic) bond motifs is 8. The molecule has 0 radical (unpaired) electrons. The van der Waals surface area contributed by atoms with Crippen LogP contribution in [0, 0.1) is 0 Å². The molecule has 0 saturated heterocycles. The Balaban J connectivity index is 1.15. The van der Waals surface area contributed by atoms with Gasteiger partial charge in [0.25, 0.3) is 0 Å². The van der Waals surface area contributed by atoms with E-state index in [2.05, 4.69) is 102 Å². The average molecular weight is 539 g/mol. The van der Waals surface area contributed by atoms with E-state index in [-0.39, 0.29) is 0 Å². The zero-order valence-corrected chi connectivity index (χ0v) is 22.4. The number of hydrogen-bond acceptors (Lipinski definition) is 4. The second-order valence-corrected chi connectivity index (χ2v) is 10.6. The van der Waals surface area contributed by atoms with Crippen LogP contribution in [0.1, 0.15) is 0 Å². The molecule has 9 rings (SSSR count). The molecular weight excluding hydrogens is 516 g/mol. The van der Waals surface area contributed by atoms with Crippen molar-refractivity contribution < 1.29 is 8.83 Å². The fourth-order valence-electron chi connectivity index (χ4n) is 6.14. The Morgan fingerprint density at radius 1 is 0.500 bits per heavy atom. The van der Waals surface area contributed by atoms with Crippen LogP contribution in [0.3, 0.4) is 0 Å². The smallest absolute Gasteiger partial charge is 0.246 e. The van der Waals surface area contributed by atoms with E-state index in [0.717, 1.165) is 82.7 Å². The van der Waals surface area contributed by atoms with Crippen LogP contribution in [0.2, 0.25) is 0 Å². The largest absolute Gasteiger partial charge is 0.455 e. The maximum absolute atomic E-state index is 6.32. The Morgan fingerprint density at radius 2 is 1.21 bits per heavy atom. The summed E-state index contributed by atoms with van der Waals surface area (Å²) in [4.78, 5) is 9.73. The average Bonchev–Trinajstić information content (AvgIpc) is 3.63. The third-order valence-corrected chi connectivity index (χ3v) is 8.14. The number of para-hydroxylation sites is 2. The van der Waals surface area contributed by atoms with Crippen molar-refractivity contribution in [1.29, 1.82) is 0 Å². The first-order chi connectivity index (χ1) is 20.8. The maximum Gasteiger partial charge on any atom is 0.246 e. The molecule has 0 aliphatic heterocycles. The highest BCUT2D eigenvalue weighted by Gasteiger charge is 2.15. The van der Waals surface area contributed by atoms with Crippen LogP contribution in [0.5, 0.6) is 0 Å². The lowest BCUT2D eigenvalue weighted by molar-refractivity contribution is 0.653. The minimum atomic E-state index is 0.550. The minimum absolute atomic E-state index is 0.550. The molecule has 0 spiro atoms. The van der Waals surface area contributed by atoms with Crippen molar-refractivity contribution in [2.45, 2.75) is 0 Å². The molecule has 0 aliphatic carbocycles. The Kier molecular flexibility index (Phi) is 4.87. The summed E-state index contributed by atoms with van der Waals surface area (Å²) in [5.74, 6) is 0. The van der Waals surface area contributed by atoms with E-state index >= 15 is 0 Å². The van der Waals surface area contributed by atoms with Crippen LogP contribution >= 0.6 is 0 Å². The van der Waals surface area contributed by atoms with Gasteiger partial charge in [-0.15, -0.1) is 0 Å². The molecule has 4 nitrogen and oxygen atoms in total. The fraction of sp³-hybridized carbons (Fsp3) is 0. The van der Waals surface area contributed by atoms with E-state index in [4.69, 9.17) is 13.8 Å². The first kappa shape index (κ1) is 23.0. The summed E-state index contributed by atoms with van der Waals surface area (Å²) in [6.45, 7) is 0. The molecule has 42 heavy (non-hydrogen) atoms. The summed E-state index contributed by atoms with van der Waals surface area (Å²) in [6.07, 6.45) is 1.80. The number of hydrogen-bond donors (Lipinski definition) is 0. The molecule has 9 aromatic rings. The Bertz CT molecular complexity index is 2480. The molecule has 4 heteroatoms. The highest BCUT2D eigenvalue weighted by Crippen LogP contribution is 2.38. The highest BCUT2D eigenvalue weighted by atomic mass is 16.3. The normalized spacial score (nSPS) is 11.8. The van der Waals surface area contributed by atoms with Gasteiger partial charge in [0.15, 0.2) is 0 Å². The molecule has 0 saturated carbocycles. The lowest BCUT2D eigenvalue weighted by Gasteiger charge is -2.09. The molecule has 0 amide bonds. The summed E-state index contributed by atoms with van der Waals surface area (Å²) in [5, 5.41) is 5.53. The third kappa shape index (κ3) is 3.49. The van der Waals surface area contributed by atoms with Gasteiger partial charge in [-0.05, 0) is 51.7 Å². The first-order valence-electron chi connectivity index (χ1n) is 14.0. The molecule has 0 unspecified atom stereocenters. The quantitative estimate of drug-likeness (QED) is 0.224. The van der Waals surface area contributed by atoms with Crippen LogP contribution in [-0.2, 0) is 0 Å². The molecule has 0 aliphatic rings. The van der Waals surface area contributed by atoms with E-state index in [1.165, 1.54) is 0 Å². The van der Waals surface area contributed by atoms with Crippen molar-refractivity contribution in [3.8, 4) is 33.5 Å². The summed E-state index contributed by atoms with van der Waals surface area (Å²) in [6, 6.07) is 44.0. The maximum atomic E-state index is 6.32. The molecule has 0 atom stereocenters. The van der Waals surface area contributed by atoms with Gasteiger partial charge in [0.05, 0.1) is 17.3 Å². The number of benzene rings is 6. The molecule has 0 fully saturated rings. The number of furan rings is 2. The molecule has 0 N–H and O–H groups in total. The van der Waals surface area contributed by atoms with Crippen LogP contribution in [-0.4, -0.2) is 9.97 Å². The Labute approximate surface area is 240 Å². The monoisotopic (exact) mass is 538 g/mol. The van der Waals surface area contributed by atoms with Gasteiger partial charge in [0, 0.05) is 21.9 Å². The van der Waals surface area contributed by atoms with Crippen LogP contribution < -0.4 is 0 Å². The lowest BCUT2D eigenvalue weighted by atomic mass is 9.96. The highest BCUT2D eigenvalue weighted by molar-refractivity contribution is 6.17. The number of aromatic nitrogens is 2. The molecule has 6 aromatic carbocycles. The topological polar surface area (TPSA) is 52.1 Å². The van der Waals surface area contributed by atoms with Crippen molar-refractivity contribution in [2.24, 2.45) is 0 Å². The third-order valence-electron chi connectivity index (χ3n) is 8.14. The van der Waals surface area contributed by atoms with E-state index in [1.807, 2.05) is 30.3 Å². The second-order valence-electron chi connectivity index (χ2n) is 10.6. The lowest BCUT2D eigenvalue weighted by Crippen LogP contribution is -1.88. The summed E-state index contributed by atoms with van der Waals surface area (Å²) in [7, 11) is 0. The zero-order chi connectivity index (χ0) is 27.6. The molecule has 3 aromatic heterocycles. The predicted molar refractivity (Wildman–Crippen MR) is 170 cm³/mol. The number of rotatable bonds is 3. The van der Waals surface area contributed by atoms with Crippen LogP contribution in [0.15, 0.2) is 142 Å². The summed E-state index contributed by atoms with van der Waals surface area (Å²) >= 11 is 0. The van der Waals surface area contributed by atoms with E-state index in [9.17, 15) is 0 Å². The second kappa shape index (κ2) is 8.88. The molecular formula is C38H22N2O2. The molecule has 196 valence electrons. The van der Waals surface area contributed by atoms with Crippen LogP contribution in [0.4, 0.5) is 0 Å². The summed E-state index contributed by atoms with van der Waals surface area (Å²) < 4.78 is 12.4. The molecule has 0 bridgehead atoms. The van der Waals surface area contributed by atoms with Crippen molar-refractivity contribution >= 4 is 54.9 Å². The van der Waals surface area contributed by atoms with Gasteiger partial charge in [-0.3, -0.25) is 0 Å². The standard InChI is InChI=1S/C38H22N2O2/c1-2-13-28-23(8-1)18-19-34-35(28)36-38(42-34)39-22-32(40-36)27-12-6-10-25(21-27)24-9-5-11-26(20-24)29-15-7-16-31-30-14-3-4-17-33(30)41-37(29)31/h1-22H. The van der Waals surface area contributed by atoms with Crippen molar-refractivity contribution in [1.82, 2.24) is 9.97 Å². The first-order valence-corrected chi connectivity index (χ1v) is 14.0. The number of nitrogens with zero attached hydrogens (tertiary/aromatic N) is 2. The Morgan fingerprint density at radius 3 is 2.12 bits per heavy atom. The van der Waals surface area contributed by atoms with Gasteiger partial charge in [-0.1, -0.05) is 103 Å². The van der Waals surface area contributed by atoms with E-state index in [1.54, 1.807) is 6.20 Å². The molecule has 3 heterocycles. The zero-order valence-electron chi connectivity index (χ0n) is 22.4. The fourth-order valence-corrected chi connectivity index (χ4v) is 6.14. The van der Waals surface area contributed by atoms with Gasteiger partial charge in [0.1, 0.15) is 22.3 Å². The van der Waals surface area contributed by atoms with Gasteiger partial charge in [-0.25, -0.2) is 9.97 Å². The van der Waals surface area contributed by atoms with Crippen molar-refractivity contribution in [3.05, 3.63) is 134 Å². The van der Waals surface area contributed by atoms with Crippen molar-refractivity contribution in [2.75, 3.05) is 0 Å². The summed E-state index contributed by atoms with van der Waals surface area (Å²) in [5.41, 5.74) is 10.2. The van der Waals surface area contributed by atoms with Gasteiger partial charge >= 0.3 is 0 Å². The predicted octanol–water partition coefficient (Wildman–Crippen LogP) is 10.4. The SMILES string of the molecule is c1cc(-c2cccc(-c3cccc4c3oc3ccccc34)c2)cc(-c2cnc3oc4ccc5ccccc5c4c3n2)c1.